The van der Waals surface area contributed by atoms with Gasteiger partial charge < -0.3 is 10.5 Å². The number of anilines is 1. The number of aryl methyl sites for hydroxylation is 1. The first-order valence-corrected chi connectivity index (χ1v) is 7.53. The summed E-state index contributed by atoms with van der Waals surface area (Å²) >= 11 is 0. The number of ether oxygens (including phenoxy) is 1. The summed E-state index contributed by atoms with van der Waals surface area (Å²) in [5.74, 6) is -1.02. The van der Waals surface area contributed by atoms with Crippen LogP contribution in [-0.2, 0) is 4.74 Å². The number of hydrazone groups is 1. The summed E-state index contributed by atoms with van der Waals surface area (Å²) in [5.41, 5.74) is 9.47. The lowest BCUT2D eigenvalue weighted by atomic mass is 10.1. The average Bonchev–Trinajstić information content (AvgIpc) is 3.26. The standard InChI is InChI=1S/C15H14N8O4/c1-8-11(23(22-18-8)13-12(16)20-27-21-13)14(24)19-17-7-9-3-5-10(6-4-9)15(25)26-2/h3-7H,1-2H3,(H2,16,20)(H,19,24)/b17-7+. The molecule has 0 bridgehead atoms. The van der Waals surface area contributed by atoms with Gasteiger partial charge in [0, 0.05) is 0 Å². The highest BCUT2D eigenvalue weighted by atomic mass is 16.6. The van der Waals surface area contributed by atoms with E-state index in [2.05, 4.69) is 40.5 Å². The molecule has 12 nitrogen and oxygen atoms in total. The molecule has 0 fully saturated rings. The minimum Gasteiger partial charge on any atom is -0.465 e. The molecular formula is C15H14N8O4. The molecule has 2 heterocycles. The number of nitrogens with zero attached hydrogens (tertiary/aromatic N) is 6. The predicted molar refractivity (Wildman–Crippen MR) is 91.2 cm³/mol. The molecule has 0 aliphatic heterocycles. The van der Waals surface area contributed by atoms with Crippen LogP contribution in [0.15, 0.2) is 34.0 Å². The number of methoxy groups -OCH3 is 1. The molecule has 1 aromatic carbocycles. The predicted octanol–water partition coefficient (Wildman–Crippen LogP) is 0.0914. The fraction of sp³-hybridized carbons (Fsp3) is 0.133. The summed E-state index contributed by atoms with van der Waals surface area (Å²) in [6.07, 6.45) is 1.41. The number of nitrogen functional groups attached to an aromatic ring is 1. The normalized spacial score (nSPS) is 10.9. The summed E-state index contributed by atoms with van der Waals surface area (Å²) in [5, 5.41) is 18.5. The van der Waals surface area contributed by atoms with Crippen LogP contribution < -0.4 is 11.2 Å². The van der Waals surface area contributed by atoms with E-state index in [1.165, 1.54) is 13.3 Å². The Kier molecular flexibility index (Phi) is 4.88. The monoisotopic (exact) mass is 370 g/mol. The Hall–Kier alpha value is -4.09. The Labute approximate surface area is 151 Å². The first kappa shape index (κ1) is 17.7. The van der Waals surface area contributed by atoms with Gasteiger partial charge in [-0.2, -0.15) is 9.78 Å². The minimum absolute atomic E-state index is 0.0388. The zero-order chi connectivity index (χ0) is 19.4. The number of esters is 1. The smallest absolute Gasteiger partial charge is 0.337 e. The Morgan fingerprint density at radius 1 is 1.30 bits per heavy atom. The molecule has 138 valence electrons. The maximum Gasteiger partial charge on any atom is 0.337 e. The van der Waals surface area contributed by atoms with Gasteiger partial charge in [-0.3, -0.25) is 4.79 Å². The molecule has 0 spiro atoms. The minimum atomic E-state index is -0.581. The van der Waals surface area contributed by atoms with Crippen molar-refractivity contribution < 1.29 is 19.0 Å². The molecule has 12 heteroatoms. The van der Waals surface area contributed by atoms with Crippen LogP contribution in [0.1, 0.15) is 32.1 Å². The van der Waals surface area contributed by atoms with Crippen molar-refractivity contribution in [1.82, 2.24) is 30.7 Å². The molecule has 0 unspecified atom stereocenters. The van der Waals surface area contributed by atoms with Gasteiger partial charge in [-0.25, -0.2) is 14.8 Å². The van der Waals surface area contributed by atoms with E-state index < -0.39 is 11.9 Å². The lowest BCUT2D eigenvalue weighted by molar-refractivity contribution is 0.0600. The van der Waals surface area contributed by atoms with Crippen LogP contribution in [0, 0.1) is 6.92 Å². The SMILES string of the molecule is COC(=O)c1ccc(/C=N/NC(=O)c2c(C)nnn2-c2nonc2N)cc1. The molecular weight excluding hydrogens is 356 g/mol. The second-order valence-electron chi connectivity index (χ2n) is 5.22. The van der Waals surface area contributed by atoms with Gasteiger partial charge in [-0.05, 0) is 34.9 Å². The fourth-order valence-corrected chi connectivity index (χ4v) is 2.15. The number of amides is 1. The van der Waals surface area contributed by atoms with Gasteiger partial charge in [0.2, 0.25) is 11.6 Å². The molecule has 3 rings (SSSR count). The summed E-state index contributed by atoms with van der Waals surface area (Å²) in [6, 6.07) is 6.47. The van der Waals surface area contributed by atoms with Crippen LogP contribution in [0.3, 0.4) is 0 Å². The van der Waals surface area contributed by atoms with Crippen LogP contribution in [0.5, 0.6) is 0 Å². The summed E-state index contributed by atoms with van der Waals surface area (Å²) in [7, 11) is 1.30. The molecule has 3 N–H and O–H groups in total. The van der Waals surface area contributed by atoms with Crippen LogP contribution in [0.2, 0.25) is 0 Å². The molecule has 2 aromatic heterocycles. The van der Waals surface area contributed by atoms with Crippen LogP contribution in [0.25, 0.3) is 5.82 Å². The summed E-state index contributed by atoms with van der Waals surface area (Å²) in [4.78, 5) is 23.8. The van der Waals surface area contributed by atoms with E-state index in [0.717, 1.165) is 4.68 Å². The molecule has 0 saturated heterocycles. The van der Waals surface area contributed by atoms with E-state index in [9.17, 15) is 9.59 Å². The van der Waals surface area contributed by atoms with Crippen molar-refractivity contribution >= 4 is 23.9 Å². The molecule has 0 atom stereocenters. The van der Waals surface area contributed by atoms with Crippen molar-refractivity contribution in [1.29, 1.82) is 0 Å². The van der Waals surface area contributed by atoms with Crippen molar-refractivity contribution in [3.8, 4) is 5.82 Å². The number of hydrogen-bond donors (Lipinski definition) is 2. The van der Waals surface area contributed by atoms with Gasteiger partial charge in [0.15, 0.2) is 5.69 Å². The molecule has 3 aromatic rings. The van der Waals surface area contributed by atoms with Crippen molar-refractivity contribution in [3.63, 3.8) is 0 Å². The van der Waals surface area contributed by atoms with Crippen LogP contribution in [-0.4, -0.2) is 50.5 Å². The van der Waals surface area contributed by atoms with Crippen molar-refractivity contribution in [2.24, 2.45) is 5.10 Å². The third kappa shape index (κ3) is 3.63. The molecule has 0 radical (unpaired) electrons. The Bertz CT molecular complexity index is 1010. The quantitative estimate of drug-likeness (QED) is 0.360. The number of benzene rings is 1. The number of nitrogens with one attached hydrogen (secondary N) is 1. The largest absolute Gasteiger partial charge is 0.465 e. The summed E-state index contributed by atoms with van der Waals surface area (Å²) < 4.78 is 10.2. The van der Waals surface area contributed by atoms with E-state index in [4.69, 9.17) is 5.73 Å². The van der Waals surface area contributed by atoms with Crippen molar-refractivity contribution in [2.45, 2.75) is 6.92 Å². The topological polar surface area (TPSA) is 163 Å². The van der Waals surface area contributed by atoms with E-state index in [1.54, 1.807) is 31.2 Å². The number of carbonyl (C=O) groups excluding carboxylic acids is 2. The molecule has 27 heavy (non-hydrogen) atoms. The second kappa shape index (κ2) is 7.43. The number of aromatic nitrogens is 5. The van der Waals surface area contributed by atoms with Crippen LogP contribution >= 0.6 is 0 Å². The van der Waals surface area contributed by atoms with E-state index in [-0.39, 0.29) is 17.3 Å². The average molecular weight is 370 g/mol. The highest BCUT2D eigenvalue weighted by molar-refractivity contribution is 5.95. The van der Waals surface area contributed by atoms with Crippen molar-refractivity contribution in [3.05, 3.63) is 46.8 Å². The lowest BCUT2D eigenvalue weighted by Gasteiger charge is -2.02. The first-order valence-electron chi connectivity index (χ1n) is 7.53. The number of rotatable bonds is 5. The first-order chi connectivity index (χ1) is 13.0. The Morgan fingerprint density at radius 3 is 2.67 bits per heavy atom. The van der Waals surface area contributed by atoms with Crippen LogP contribution in [0.4, 0.5) is 5.82 Å². The second-order valence-corrected chi connectivity index (χ2v) is 5.22. The molecule has 1 amide bonds. The van der Waals surface area contributed by atoms with Gasteiger partial charge in [0.1, 0.15) is 0 Å². The maximum atomic E-state index is 12.4. The highest BCUT2D eigenvalue weighted by Crippen LogP contribution is 2.14. The van der Waals surface area contributed by atoms with Gasteiger partial charge in [0.05, 0.1) is 24.6 Å². The van der Waals surface area contributed by atoms with Gasteiger partial charge >= 0.3 is 5.97 Å². The molecule has 0 aliphatic carbocycles. The van der Waals surface area contributed by atoms with Crippen molar-refractivity contribution in [2.75, 3.05) is 12.8 Å². The zero-order valence-electron chi connectivity index (χ0n) is 14.3. The Morgan fingerprint density at radius 2 is 2.04 bits per heavy atom. The zero-order valence-corrected chi connectivity index (χ0v) is 14.3. The van der Waals surface area contributed by atoms with Gasteiger partial charge in [0.25, 0.3) is 5.91 Å². The third-order valence-electron chi connectivity index (χ3n) is 3.46. The highest BCUT2D eigenvalue weighted by Gasteiger charge is 2.22. The van der Waals surface area contributed by atoms with Gasteiger partial charge in [-0.1, -0.05) is 17.3 Å². The number of nitrogens with two attached hydrogens (primary N) is 1. The molecule has 0 aliphatic rings. The molecule has 0 saturated carbocycles. The number of carbonyl (C=O) groups is 2. The van der Waals surface area contributed by atoms with E-state index in [1.807, 2.05) is 0 Å². The number of hydrogen-bond acceptors (Lipinski definition) is 10. The fourth-order valence-electron chi connectivity index (χ4n) is 2.15. The summed E-state index contributed by atoms with van der Waals surface area (Å²) in [6.45, 7) is 1.59. The lowest BCUT2D eigenvalue weighted by Crippen LogP contribution is -2.22. The maximum absolute atomic E-state index is 12.4. The van der Waals surface area contributed by atoms with Gasteiger partial charge in [-0.15, -0.1) is 5.10 Å². The third-order valence-corrected chi connectivity index (χ3v) is 3.46. The van der Waals surface area contributed by atoms with E-state index >= 15 is 0 Å². The Balaban J connectivity index is 1.73. The van der Waals surface area contributed by atoms with E-state index in [0.29, 0.717) is 16.8 Å².